The van der Waals surface area contributed by atoms with Gasteiger partial charge in [0.1, 0.15) is 5.82 Å². The third-order valence-electron chi connectivity index (χ3n) is 2.85. The SMILES string of the molecule is CC(C(=O)c1ccc(Cl)cc1)S(=O)c1cccc(F)c1. The fourth-order valence-electron chi connectivity index (χ4n) is 1.74. The average Bonchev–Trinajstić information content (AvgIpc) is 2.46. The Morgan fingerprint density at radius 1 is 1.20 bits per heavy atom. The van der Waals surface area contributed by atoms with E-state index in [4.69, 9.17) is 11.6 Å². The Morgan fingerprint density at radius 2 is 1.85 bits per heavy atom. The standard InChI is InChI=1S/C15H12ClFO2S/c1-10(15(18)11-5-7-12(16)8-6-11)20(19)14-4-2-3-13(17)9-14/h2-10H,1H3. The lowest BCUT2D eigenvalue weighted by atomic mass is 10.1. The monoisotopic (exact) mass is 310 g/mol. The van der Waals surface area contributed by atoms with Crippen LogP contribution in [0.3, 0.4) is 0 Å². The second-order valence-electron chi connectivity index (χ2n) is 4.27. The van der Waals surface area contributed by atoms with Crippen molar-refractivity contribution in [3.05, 3.63) is 64.9 Å². The van der Waals surface area contributed by atoms with Gasteiger partial charge in [-0.25, -0.2) is 4.39 Å². The van der Waals surface area contributed by atoms with Crippen LogP contribution in [0.15, 0.2) is 53.4 Å². The van der Waals surface area contributed by atoms with Crippen LogP contribution < -0.4 is 0 Å². The summed E-state index contributed by atoms with van der Waals surface area (Å²) in [6.45, 7) is 1.57. The normalized spacial score (nSPS) is 13.8. The van der Waals surface area contributed by atoms with Crippen molar-refractivity contribution in [2.75, 3.05) is 0 Å². The molecule has 0 spiro atoms. The fourth-order valence-corrected chi connectivity index (χ4v) is 3.05. The molecule has 104 valence electrons. The minimum absolute atomic E-state index is 0.260. The first-order valence-corrected chi connectivity index (χ1v) is 7.54. The molecule has 0 amide bonds. The fraction of sp³-hybridized carbons (Fsp3) is 0.133. The van der Waals surface area contributed by atoms with Crippen molar-refractivity contribution in [2.24, 2.45) is 0 Å². The summed E-state index contributed by atoms with van der Waals surface area (Å²) in [4.78, 5) is 12.5. The largest absolute Gasteiger partial charge is 0.293 e. The van der Waals surface area contributed by atoms with Crippen molar-refractivity contribution < 1.29 is 13.4 Å². The lowest BCUT2D eigenvalue weighted by Gasteiger charge is -2.11. The molecule has 0 saturated carbocycles. The van der Waals surface area contributed by atoms with Crippen molar-refractivity contribution in [2.45, 2.75) is 17.1 Å². The molecule has 0 N–H and O–H groups in total. The van der Waals surface area contributed by atoms with E-state index in [1.807, 2.05) is 0 Å². The highest BCUT2D eigenvalue weighted by Crippen LogP contribution is 2.17. The highest BCUT2D eigenvalue weighted by atomic mass is 35.5. The Labute approximate surface area is 124 Å². The maximum absolute atomic E-state index is 13.1. The molecule has 2 rings (SSSR count). The van der Waals surface area contributed by atoms with Crippen LogP contribution >= 0.6 is 11.6 Å². The summed E-state index contributed by atoms with van der Waals surface area (Å²) in [5.74, 6) is -0.730. The molecule has 0 heterocycles. The lowest BCUT2D eigenvalue weighted by Crippen LogP contribution is -2.22. The zero-order chi connectivity index (χ0) is 14.7. The van der Waals surface area contributed by atoms with E-state index in [0.717, 1.165) is 0 Å². The van der Waals surface area contributed by atoms with Crippen molar-refractivity contribution in [3.63, 3.8) is 0 Å². The van der Waals surface area contributed by atoms with Crippen LogP contribution in [0, 0.1) is 5.82 Å². The predicted octanol–water partition coefficient (Wildman–Crippen LogP) is 3.86. The third-order valence-corrected chi connectivity index (χ3v) is 4.67. The smallest absolute Gasteiger partial charge is 0.178 e. The molecule has 0 aromatic heterocycles. The molecule has 0 bridgehead atoms. The van der Waals surface area contributed by atoms with E-state index >= 15 is 0 Å². The number of carbonyl (C=O) groups is 1. The highest BCUT2D eigenvalue weighted by molar-refractivity contribution is 7.86. The molecule has 0 saturated heterocycles. The van der Waals surface area contributed by atoms with Crippen LogP contribution in [0.4, 0.5) is 4.39 Å². The van der Waals surface area contributed by atoms with Gasteiger partial charge in [0.2, 0.25) is 0 Å². The first-order valence-electron chi connectivity index (χ1n) is 5.95. The molecule has 0 aliphatic heterocycles. The van der Waals surface area contributed by atoms with E-state index < -0.39 is 21.9 Å². The second kappa shape index (κ2) is 6.29. The highest BCUT2D eigenvalue weighted by Gasteiger charge is 2.22. The summed E-state index contributed by atoms with van der Waals surface area (Å²) >= 11 is 5.76. The molecule has 2 aromatic rings. The van der Waals surface area contributed by atoms with Gasteiger partial charge in [0, 0.05) is 15.5 Å². The van der Waals surface area contributed by atoms with E-state index in [-0.39, 0.29) is 5.78 Å². The first-order chi connectivity index (χ1) is 9.49. The Bertz CT molecular complexity index is 655. The summed E-state index contributed by atoms with van der Waals surface area (Å²) in [7, 11) is -1.60. The van der Waals surface area contributed by atoms with Gasteiger partial charge in [-0.2, -0.15) is 0 Å². The van der Waals surface area contributed by atoms with Crippen molar-refractivity contribution in [3.8, 4) is 0 Å². The van der Waals surface area contributed by atoms with E-state index in [1.54, 1.807) is 37.3 Å². The predicted molar refractivity (Wildman–Crippen MR) is 78.1 cm³/mol. The second-order valence-corrected chi connectivity index (χ2v) is 6.48. The minimum atomic E-state index is -1.60. The van der Waals surface area contributed by atoms with Gasteiger partial charge in [-0.05, 0) is 49.4 Å². The van der Waals surface area contributed by atoms with E-state index in [1.165, 1.54) is 18.2 Å². The third kappa shape index (κ3) is 3.32. The van der Waals surface area contributed by atoms with Crippen LogP contribution in [-0.2, 0) is 10.8 Å². The molecule has 5 heteroatoms. The van der Waals surface area contributed by atoms with Gasteiger partial charge in [0.05, 0.1) is 16.0 Å². The molecular weight excluding hydrogens is 299 g/mol. The summed E-state index contributed by atoms with van der Waals surface area (Å²) in [5.41, 5.74) is 0.437. The maximum atomic E-state index is 13.1. The molecule has 0 aliphatic carbocycles. The Hall–Kier alpha value is -1.52. The number of ketones is 1. The Balaban J connectivity index is 2.22. The van der Waals surface area contributed by atoms with Gasteiger partial charge in [-0.1, -0.05) is 17.7 Å². The number of carbonyl (C=O) groups excluding carboxylic acids is 1. The number of hydrogen-bond donors (Lipinski definition) is 0. The van der Waals surface area contributed by atoms with E-state index in [2.05, 4.69) is 0 Å². The molecular formula is C15H12ClFO2S. The van der Waals surface area contributed by atoms with Crippen LogP contribution in [0.2, 0.25) is 5.02 Å². The number of halogens is 2. The lowest BCUT2D eigenvalue weighted by molar-refractivity contribution is 0.0992. The van der Waals surface area contributed by atoms with Gasteiger partial charge in [0.15, 0.2) is 5.78 Å². The van der Waals surface area contributed by atoms with Crippen molar-refractivity contribution in [1.82, 2.24) is 0 Å². The number of rotatable bonds is 4. The van der Waals surface area contributed by atoms with Crippen LogP contribution in [0.1, 0.15) is 17.3 Å². The summed E-state index contributed by atoms with van der Waals surface area (Å²) in [6, 6.07) is 11.9. The first kappa shape index (κ1) is 14.9. The minimum Gasteiger partial charge on any atom is -0.293 e. The molecule has 2 nitrogen and oxygen atoms in total. The summed E-state index contributed by atoms with van der Waals surface area (Å²) < 4.78 is 25.4. The molecule has 2 aromatic carbocycles. The van der Waals surface area contributed by atoms with Crippen LogP contribution in [0.25, 0.3) is 0 Å². The van der Waals surface area contributed by atoms with E-state index in [9.17, 15) is 13.4 Å². The molecule has 0 radical (unpaired) electrons. The number of Topliss-reactive ketones (excluding diaryl/α,β-unsaturated/α-hetero) is 1. The van der Waals surface area contributed by atoms with Crippen LogP contribution in [0.5, 0.6) is 0 Å². The maximum Gasteiger partial charge on any atom is 0.178 e. The summed E-state index contributed by atoms with van der Waals surface area (Å²) in [6.07, 6.45) is 0. The van der Waals surface area contributed by atoms with Crippen molar-refractivity contribution in [1.29, 1.82) is 0 Å². The van der Waals surface area contributed by atoms with E-state index in [0.29, 0.717) is 15.5 Å². The van der Waals surface area contributed by atoms with Gasteiger partial charge < -0.3 is 0 Å². The van der Waals surface area contributed by atoms with Crippen LogP contribution in [-0.4, -0.2) is 15.2 Å². The van der Waals surface area contributed by atoms with Crippen molar-refractivity contribution >= 4 is 28.2 Å². The zero-order valence-electron chi connectivity index (χ0n) is 10.7. The van der Waals surface area contributed by atoms with Gasteiger partial charge >= 0.3 is 0 Å². The topological polar surface area (TPSA) is 34.1 Å². The number of benzene rings is 2. The van der Waals surface area contributed by atoms with Gasteiger partial charge in [-0.15, -0.1) is 0 Å². The quantitative estimate of drug-likeness (QED) is 0.804. The molecule has 2 unspecified atom stereocenters. The number of hydrogen-bond acceptors (Lipinski definition) is 2. The molecule has 0 fully saturated rings. The van der Waals surface area contributed by atoms with Gasteiger partial charge in [0.25, 0.3) is 0 Å². The molecule has 2 atom stereocenters. The van der Waals surface area contributed by atoms with Gasteiger partial charge in [-0.3, -0.25) is 9.00 Å². The zero-order valence-corrected chi connectivity index (χ0v) is 12.2. The molecule has 0 aliphatic rings. The summed E-state index contributed by atoms with van der Waals surface area (Å²) in [5, 5.41) is -0.224. The molecule has 20 heavy (non-hydrogen) atoms. The Morgan fingerprint density at radius 3 is 2.45 bits per heavy atom. The average molecular weight is 311 g/mol. The Kier molecular flexibility index (Phi) is 4.68.